The molecule has 33 heavy (non-hydrogen) atoms. The Labute approximate surface area is 188 Å². The van der Waals surface area contributed by atoms with Crippen LogP contribution in [0.1, 0.15) is 24.1 Å². The molecule has 2 N–H and O–H groups in total. The molecule has 4 rings (SSSR count). The number of hydrogen-bond donors (Lipinski definition) is 2. The summed E-state index contributed by atoms with van der Waals surface area (Å²) in [6.45, 7) is 3.16. The maximum atomic E-state index is 12.9. The predicted octanol–water partition coefficient (Wildman–Crippen LogP) is 4.91. The van der Waals surface area contributed by atoms with Crippen molar-refractivity contribution >= 4 is 23.4 Å². The van der Waals surface area contributed by atoms with Crippen molar-refractivity contribution in [1.29, 1.82) is 0 Å². The molecule has 0 unspecified atom stereocenters. The van der Waals surface area contributed by atoms with Gasteiger partial charge < -0.3 is 15.3 Å². The molecule has 0 saturated carbocycles. The van der Waals surface area contributed by atoms with Gasteiger partial charge in [0.25, 0.3) is 0 Å². The summed E-state index contributed by atoms with van der Waals surface area (Å²) in [7, 11) is 0. The third-order valence-electron chi connectivity index (χ3n) is 5.53. The number of hydrogen-bond acceptors (Lipinski definition) is 6. The number of nitrogens with one attached hydrogen (secondary N) is 1. The molecule has 7 nitrogen and oxygen atoms in total. The minimum Gasteiger partial charge on any atom is -0.481 e. The molecule has 0 aliphatic carbocycles. The summed E-state index contributed by atoms with van der Waals surface area (Å²) in [6.07, 6.45) is -0.575. The highest BCUT2D eigenvalue weighted by atomic mass is 19.4. The highest BCUT2D eigenvalue weighted by molar-refractivity contribution is 5.72. The summed E-state index contributed by atoms with van der Waals surface area (Å²) in [5.74, 6) is -0.414. The number of anilines is 3. The van der Waals surface area contributed by atoms with Crippen molar-refractivity contribution in [3.63, 3.8) is 0 Å². The van der Waals surface area contributed by atoms with Gasteiger partial charge >= 0.3 is 12.1 Å². The Morgan fingerprint density at radius 2 is 1.85 bits per heavy atom. The molecule has 1 saturated heterocycles. The first kappa shape index (κ1) is 22.5. The molecule has 0 atom stereocenters. The second-order valence-electron chi connectivity index (χ2n) is 7.98. The highest BCUT2D eigenvalue weighted by Gasteiger charge is 2.32. The number of carboxylic acids is 1. The summed E-state index contributed by atoms with van der Waals surface area (Å²) < 4.78 is 38.8. The van der Waals surface area contributed by atoms with Gasteiger partial charge in [-0.05, 0) is 61.2 Å². The molecular formula is C23H22F3N5O2. The van der Waals surface area contributed by atoms with Crippen LogP contribution in [0.3, 0.4) is 0 Å². The zero-order chi connectivity index (χ0) is 23.6. The maximum absolute atomic E-state index is 12.9. The molecule has 0 spiro atoms. The van der Waals surface area contributed by atoms with Crippen LogP contribution in [0.4, 0.5) is 30.6 Å². The van der Waals surface area contributed by atoms with Crippen LogP contribution in [0.15, 0.2) is 48.8 Å². The molecular weight excluding hydrogens is 435 g/mol. The summed E-state index contributed by atoms with van der Waals surface area (Å²) >= 11 is 0. The second-order valence-corrected chi connectivity index (χ2v) is 7.98. The summed E-state index contributed by atoms with van der Waals surface area (Å²) in [5, 5.41) is 12.0. The van der Waals surface area contributed by atoms with Crippen LogP contribution in [0.5, 0.6) is 0 Å². The average Bonchev–Trinajstić information content (AvgIpc) is 2.78. The van der Waals surface area contributed by atoms with Crippen LogP contribution < -0.4 is 10.2 Å². The first-order chi connectivity index (χ1) is 15.7. The minimum absolute atomic E-state index is 0.139. The van der Waals surface area contributed by atoms with E-state index in [2.05, 4.69) is 25.2 Å². The fraction of sp³-hybridized carbons (Fsp3) is 0.304. The fourth-order valence-corrected chi connectivity index (χ4v) is 3.83. The molecule has 1 aliphatic rings. The molecule has 2 aromatic heterocycles. The lowest BCUT2D eigenvalue weighted by atomic mass is 9.97. The van der Waals surface area contributed by atoms with Crippen molar-refractivity contribution in [3.8, 4) is 11.1 Å². The van der Waals surface area contributed by atoms with Crippen LogP contribution in [-0.4, -0.2) is 39.1 Å². The summed E-state index contributed by atoms with van der Waals surface area (Å²) in [4.78, 5) is 25.2. The number of aliphatic carboxylic acids is 1. The molecule has 1 fully saturated rings. The van der Waals surface area contributed by atoms with Gasteiger partial charge in [-0.2, -0.15) is 13.2 Å². The Balaban J connectivity index is 1.51. The van der Waals surface area contributed by atoms with E-state index in [1.165, 1.54) is 0 Å². The van der Waals surface area contributed by atoms with E-state index in [9.17, 15) is 18.0 Å². The zero-order valence-electron chi connectivity index (χ0n) is 17.8. The molecule has 10 heteroatoms. The van der Waals surface area contributed by atoms with Crippen LogP contribution in [0.2, 0.25) is 0 Å². The first-order valence-electron chi connectivity index (χ1n) is 10.4. The number of alkyl halides is 3. The smallest absolute Gasteiger partial charge is 0.433 e. The molecule has 0 amide bonds. The molecule has 3 aromatic rings. The van der Waals surface area contributed by atoms with Gasteiger partial charge in [0.05, 0.1) is 5.92 Å². The monoisotopic (exact) mass is 457 g/mol. The predicted molar refractivity (Wildman–Crippen MR) is 117 cm³/mol. The molecule has 0 radical (unpaired) electrons. The van der Waals surface area contributed by atoms with Crippen molar-refractivity contribution in [1.82, 2.24) is 15.0 Å². The van der Waals surface area contributed by atoms with Crippen molar-refractivity contribution in [2.45, 2.75) is 25.9 Å². The van der Waals surface area contributed by atoms with Gasteiger partial charge in [0.15, 0.2) is 0 Å². The summed E-state index contributed by atoms with van der Waals surface area (Å²) in [5.41, 5.74) is 2.13. The van der Waals surface area contributed by atoms with Crippen molar-refractivity contribution < 1.29 is 23.1 Å². The van der Waals surface area contributed by atoms with Gasteiger partial charge in [-0.1, -0.05) is 6.07 Å². The van der Waals surface area contributed by atoms with Gasteiger partial charge in [0, 0.05) is 36.7 Å². The number of halogens is 3. The normalized spacial score (nSPS) is 14.8. The Kier molecular flexibility index (Phi) is 6.17. The van der Waals surface area contributed by atoms with E-state index in [1.54, 1.807) is 18.3 Å². The number of piperidine rings is 1. The number of benzene rings is 1. The quantitative estimate of drug-likeness (QED) is 0.563. The molecule has 0 bridgehead atoms. The lowest BCUT2D eigenvalue weighted by Gasteiger charge is -2.31. The van der Waals surface area contributed by atoms with Crippen LogP contribution in [0, 0.1) is 12.8 Å². The third kappa shape index (κ3) is 5.39. The average molecular weight is 457 g/mol. The maximum Gasteiger partial charge on any atom is 0.433 e. The molecule has 3 heterocycles. The van der Waals surface area contributed by atoms with Gasteiger partial charge in [0.1, 0.15) is 11.5 Å². The van der Waals surface area contributed by atoms with Gasteiger partial charge in [-0.3, -0.25) is 4.79 Å². The third-order valence-corrected chi connectivity index (χ3v) is 5.53. The number of aryl methyl sites for hydroxylation is 1. The topological polar surface area (TPSA) is 91.2 Å². The Bertz CT molecular complexity index is 1140. The highest BCUT2D eigenvalue weighted by Crippen LogP contribution is 2.30. The Morgan fingerprint density at radius 3 is 2.48 bits per heavy atom. The number of carboxylic acid groups (broad SMARTS) is 1. The SMILES string of the molecule is Cc1cc(Nc2nccc(C(F)(F)F)n2)cc(-c2ccc(N3CCC(C(=O)O)CC3)nc2)c1. The fourth-order valence-electron chi connectivity index (χ4n) is 3.83. The van der Waals surface area contributed by atoms with E-state index >= 15 is 0 Å². The minimum atomic E-state index is -4.55. The lowest BCUT2D eigenvalue weighted by molar-refractivity contribution is -0.142. The van der Waals surface area contributed by atoms with Crippen LogP contribution >= 0.6 is 0 Å². The zero-order valence-corrected chi connectivity index (χ0v) is 17.8. The molecule has 172 valence electrons. The summed E-state index contributed by atoms with van der Waals surface area (Å²) in [6, 6.07) is 10.2. The van der Waals surface area contributed by atoms with E-state index in [-0.39, 0.29) is 11.9 Å². The standard InChI is InChI=1S/C23H22F3N5O2/c1-14-10-17(12-18(11-14)29-22-27-7-4-19(30-22)23(24,25)26)16-2-3-20(28-13-16)31-8-5-15(6-9-31)21(32)33/h2-4,7,10-13,15H,5-6,8-9H2,1H3,(H,32,33)(H,27,29,30). The van der Waals surface area contributed by atoms with E-state index in [0.29, 0.717) is 31.6 Å². The first-order valence-corrected chi connectivity index (χ1v) is 10.4. The number of pyridine rings is 1. The van der Waals surface area contributed by atoms with Crippen molar-refractivity contribution in [3.05, 3.63) is 60.0 Å². The number of rotatable bonds is 5. The molecule has 1 aliphatic heterocycles. The van der Waals surface area contributed by atoms with Crippen LogP contribution in [0.25, 0.3) is 11.1 Å². The second kappa shape index (κ2) is 9.05. The largest absolute Gasteiger partial charge is 0.481 e. The van der Waals surface area contributed by atoms with Gasteiger partial charge in [-0.15, -0.1) is 0 Å². The number of aromatic nitrogens is 3. The van der Waals surface area contributed by atoms with Gasteiger partial charge in [-0.25, -0.2) is 15.0 Å². The Morgan fingerprint density at radius 1 is 1.09 bits per heavy atom. The Hall–Kier alpha value is -3.69. The molecule has 1 aromatic carbocycles. The lowest BCUT2D eigenvalue weighted by Crippen LogP contribution is -2.36. The van der Waals surface area contributed by atoms with Gasteiger partial charge in [0.2, 0.25) is 5.95 Å². The number of carbonyl (C=O) groups is 1. The van der Waals surface area contributed by atoms with Crippen molar-refractivity contribution in [2.75, 3.05) is 23.3 Å². The number of nitrogens with zero attached hydrogens (tertiary/aromatic N) is 4. The van der Waals surface area contributed by atoms with E-state index in [4.69, 9.17) is 5.11 Å². The van der Waals surface area contributed by atoms with E-state index in [1.807, 2.05) is 25.1 Å². The van der Waals surface area contributed by atoms with E-state index in [0.717, 1.165) is 34.8 Å². The van der Waals surface area contributed by atoms with Crippen molar-refractivity contribution in [2.24, 2.45) is 5.92 Å². The van der Waals surface area contributed by atoms with Crippen LogP contribution in [-0.2, 0) is 11.0 Å². The van der Waals surface area contributed by atoms with E-state index < -0.39 is 17.8 Å².